The minimum atomic E-state index is -0.990. The molecule has 0 N–H and O–H groups in total. The number of carbonyl (C=O) groups is 5. The Morgan fingerprint density at radius 3 is 2.20 bits per heavy atom. The number of nitro groups is 1. The Bertz CT molecular complexity index is 1900. The van der Waals surface area contributed by atoms with Crippen molar-refractivity contribution >= 4 is 52.5 Å². The lowest BCUT2D eigenvalue weighted by Gasteiger charge is -2.18. The molecule has 0 radical (unpaired) electrons. The van der Waals surface area contributed by atoms with Gasteiger partial charge in [0.2, 0.25) is 0 Å². The predicted molar refractivity (Wildman–Crippen MR) is 159 cm³/mol. The number of carbonyl (C=O) groups excluding carboxylic acids is 5. The maximum Gasteiger partial charge on any atom is 0.343 e. The third kappa shape index (κ3) is 5.99. The molecule has 4 aromatic carbocycles. The van der Waals surface area contributed by atoms with Gasteiger partial charge in [0.15, 0.2) is 12.4 Å². The zero-order chi connectivity index (χ0) is 32.4. The fourth-order valence-corrected chi connectivity index (χ4v) is 4.79. The highest BCUT2D eigenvalue weighted by Crippen LogP contribution is 2.40. The van der Waals surface area contributed by atoms with E-state index in [1.54, 1.807) is 24.3 Å². The van der Waals surface area contributed by atoms with E-state index < -0.39 is 46.8 Å². The summed E-state index contributed by atoms with van der Waals surface area (Å²) in [5, 5.41) is 11.2. The Morgan fingerprint density at radius 2 is 1.56 bits per heavy atom. The first kappa shape index (κ1) is 30.6. The number of benzene rings is 4. The number of halogens is 1. The van der Waals surface area contributed by atoms with Crippen molar-refractivity contribution < 1.29 is 43.1 Å². The number of nitrogens with zero attached hydrogens (tertiary/aromatic N) is 2. The molecular formula is C32H21ClN2O10. The van der Waals surface area contributed by atoms with Gasteiger partial charge in [-0.25, -0.2) is 14.5 Å². The molecule has 1 heterocycles. The van der Waals surface area contributed by atoms with Crippen molar-refractivity contribution in [1.82, 2.24) is 0 Å². The van der Waals surface area contributed by atoms with Crippen LogP contribution in [0.3, 0.4) is 0 Å². The number of Topliss-reactive ketones (excluding diaryl/α,β-unsaturated/α-hetero) is 1. The molecule has 226 valence electrons. The van der Waals surface area contributed by atoms with Gasteiger partial charge in [-0.05, 0) is 55.5 Å². The molecule has 0 saturated carbocycles. The number of esters is 2. The summed E-state index contributed by atoms with van der Waals surface area (Å²) in [7, 11) is 1.22. The molecule has 45 heavy (non-hydrogen) atoms. The third-order valence-electron chi connectivity index (χ3n) is 6.83. The van der Waals surface area contributed by atoms with Gasteiger partial charge in [-0.3, -0.25) is 24.5 Å². The Morgan fingerprint density at radius 1 is 0.889 bits per heavy atom. The average Bonchev–Trinajstić information content (AvgIpc) is 3.29. The number of methoxy groups -OCH3 is 1. The van der Waals surface area contributed by atoms with Gasteiger partial charge in [-0.15, -0.1) is 0 Å². The summed E-state index contributed by atoms with van der Waals surface area (Å²) < 4.78 is 15.8. The number of nitro benzene ring substituents is 1. The predicted octanol–water partition coefficient (Wildman–Crippen LogP) is 5.62. The van der Waals surface area contributed by atoms with Crippen LogP contribution in [0.15, 0.2) is 78.9 Å². The van der Waals surface area contributed by atoms with Crippen molar-refractivity contribution in [3.8, 4) is 11.5 Å². The molecule has 12 nitrogen and oxygen atoms in total. The van der Waals surface area contributed by atoms with Gasteiger partial charge in [0.05, 0.1) is 33.9 Å². The Balaban J connectivity index is 1.27. The lowest BCUT2D eigenvalue weighted by molar-refractivity contribution is -0.385. The Kier molecular flexibility index (Phi) is 8.42. The highest BCUT2D eigenvalue weighted by Gasteiger charge is 2.43. The number of anilines is 1. The van der Waals surface area contributed by atoms with E-state index in [1.807, 2.05) is 6.92 Å². The largest absolute Gasteiger partial charge is 0.496 e. The van der Waals surface area contributed by atoms with Gasteiger partial charge in [0.25, 0.3) is 17.5 Å². The van der Waals surface area contributed by atoms with Crippen molar-refractivity contribution in [3.63, 3.8) is 0 Å². The van der Waals surface area contributed by atoms with E-state index >= 15 is 0 Å². The zero-order valence-corrected chi connectivity index (χ0v) is 24.3. The minimum Gasteiger partial charge on any atom is -0.496 e. The Hall–Kier alpha value is -5.88. The van der Waals surface area contributed by atoms with Gasteiger partial charge >= 0.3 is 11.9 Å². The molecule has 0 aliphatic carbocycles. The van der Waals surface area contributed by atoms with E-state index in [9.17, 15) is 34.1 Å². The molecule has 0 saturated heterocycles. The summed E-state index contributed by atoms with van der Waals surface area (Å²) in [4.78, 5) is 75.4. The van der Waals surface area contributed by atoms with Crippen LogP contribution in [0.2, 0.25) is 5.02 Å². The minimum absolute atomic E-state index is 0.141. The van der Waals surface area contributed by atoms with Crippen LogP contribution in [-0.4, -0.2) is 48.2 Å². The molecule has 1 aliphatic rings. The van der Waals surface area contributed by atoms with Crippen LogP contribution >= 0.6 is 11.6 Å². The SMILES string of the molecule is COc1cc(N2C(=O)c3cccc([N+](=O)[O-])c3C2=O)c(Cl)cc1C(=O)OCC(=O)c1ccc(OC(=O)c2ccc(C)cc2)cc1. The third-order valence-corrected chi connectivity index (χ3v) is 7.13. The summed E-state index contributed by atoms with van der Waals surface area (Å²) in [5.41, 5.74) is 0.0433. The highest BCUT2D eigenvalue weighted by atomic mass is 35.5. The molecule has 5 rings (SSSR count). The van der Waals surface area contributed by atoms with E-state index in [0.717, 1.165) is 23.8 Å². The van der Waals surface area contributed by atoms with Gasteiger partial charge in [0.1, 0.15) is 22.6 Å². The van der Waals surface area contributed by atoms with Gasteiger partial charge in [-0.1, -0.05) is 35.4 Å². The molecule has 0 unspecified atom stereocenters. The van der Waals surface area contributed by atoms with E-state index in [4.69, 9.17) is 25.8 Å². The lowest BCUT2D eigenvalue weighted by Crippen LogP contribution is -2.30. The van der Waals surface area contributed by atoms with E-state index in [1.165, 1.54) is 43.5 Å². The summed E-state index contributed by atoms with van der Waals surface area (Å²) >= 11 is 6.37. The van der Waals surface area contributed by atoms with Crippen LogP contribution in [0.5, 0.6) is 11.5 Å². The van der Waals surface area contributed by atoms with Gasteiger partial charge in [-0.2, -0.15) is 0 Å². The Labute approximate surface area is 259 Å². The molecule has 0 fully saturated rings. The van der Waals surface area contributed by atoms with Crippen LogP contribution in [-0.2, 0) is 4.74 Å². The van der Waals surface area contributed by atoms with Crippen LogP contribution in [0.4, 0.5) is 11.4 Å². The fraction of sp³-hybridized carbons (Fsp3) is 0.0938. The van der Waals surface area contributed by atoms with Crippen molar-refractivity contribution in [2.24, 2.45) is 0 Å². The number of amides is 2. The van der Waals surface area contributed by atoms with E-state index in [2.05, 4.69) is 0 Å². The maximum absolute atomic E-state index is 13.1. The van der Waals surface area contributed by atoms with E-state index in [-0.39, 0.29) is 44.5 Å². The average molecular weight is 629 g/mol. The van der Waals surface area contributed by atoms with Crippen molar-refractivity contribution in [1.29, 1.82) is 0 Å². The van der Waals surface area contributed by atoms with Crippen molar-refractivity contribution in [2.45, 2.75) is 6.92 Å². The molecular weight excluding hydrogens is 608 g/mol. The zero-order valence-electron chi connectivity index (χ0n) is 23.6. The summed E-state index contributed by atoms with van der Waals surface area (Å²) in [6, 6.07) is 18.4. The van der Waals surface area contributed by atoms with Crippen LogP contribution in [0.25, 0.3) is 0 Å². The number of fused-ring (bicyclic) bond motifs is 1. The molecule has 0 spiro atoms. The second kappa shape index (κ2) is 12.4. The van der Waals surface area contributed by atoms with E-state index in [0.29, 0.717) is 10.5 Å². The molecule has 2 amide bonds. The van der Waals surface area contributed by atoms with Gasteiger partial charge < -0.3 is 14.2 Å². The summed E-state index contributed by atoms with van der Waals surface area (Å²) in [6.45, 7) is 1.23. The quantitative estimate of drug-likeness (QED) is 0.0568. The normalized spacial score (nSPS) is 12.0. The summed E-state index contributed by atoms with van der Waals surface area (Å²) in [5.74, 6) is -3.86. The number of hydrogen-bond donors (Lipinski definition) is 0. The van der Waals surface area contributed by atoms with Crippen LogP contribution < -0.4 is 14.4 Å². The number of imide groups is 1. The molecule has 13 heteroatoms. The van der Waals surface area contributed by atoms with Crippen LogP contribution in [0.1, 0.15) is 57.4 Å². The standard InChI is InChI=1S/C32H21ClN2O10/c1-17-6-8-19(9-7-17)31(39)45-20-12-10-18(11-13-20)26(36)16-44-32(40)22-14-23(33)25(15-27(22)43-2)34-29(37)21-4-3-5-24(35(41)42)28(21)30(34)38/h3-15H,16H2,1-2H3. The number of ether oxygens (including phenoxy) is 3. The van der Waals surface area contributed by atoms with Crippen molar-refractivity contribution in [3.05, 3.63) is 127 Å². The number of ketones is 1. The first-order valence-electron chi connectivity index (χ1n) is 13.1. The second-order valence-corrected chi connectivity index (χ2v) is 10.1. The number of rotatable bonds is 9. The molecule has 0 atom stereocenters. The number of aryl methyl sites for hydroxylation is 1. The topological polar surface area (TPSA) is 159 Å². The summed E-state index contributed by atoms with van der Waals surface area (Å²) in [6.07, 6.45) is 0. The number of hydrogen-bond acceptors (Lipinski definition) is 10. The first-order valence-corrected chi connectivity index (χ1v) is 13.5. The van der Waals surface area contributed by atoms with Crippen LogP contribution in [0, 0.1) is 17.0 Å². The fourth-order valence-electron chi connectivity index (χ4n) is 4.54. The lowest BCUT2D eigenvalue weighted by atomic mass is 10.1. The molecule has 1 aliphatic heterocycles. The molecule has 0 bridgehead atoms. The second-order valence-electron chi connectivity index (χ2n) is 9.69. The maximum atomic E-state index is 13.1. The molecule has 4 aromatic rings. The monoisotopic (exact) mass is 628 g/mol. The molecule has 0 aromatic heterocycles. The first-order chi connectivity index (χ1) is 21.5. The highest BCUT2D eigenvalue weighted by molar-refractivity contribution is 6.40. The van der Waals surface area contributed by atoms with Crippen molar-refractivity contribution in [2.75, 3.05) is 18.6 Å². The smallest absolute Gasteiger partial charge is 0.343 e. The van der Waals surface area contributed by atoms with Gasteiger partial charge in [0, 0.05) is 17.7 Å².